The number of fused-ring (bicyclic) bond motifs is 3. The molecule has 0 atom stereocenters. The molecule has 0 fully saturated rings. The topological polar surface area (TPSA) is 38.9 Å². The smallest absolute Gasteiger partial charge is 0.0795 e. The molecular formula is C37H42GeIrN2OSi2-2. The Balaban J connectivity index is 0.000000223. The summed E-state index contributed by atoms with van der Waals surface area (Å²) in [4.78, 5) is 9.26. The van der Waals surface area contributed by atoms with Crippen molar-refractivity contribution in [2.24, 2.45) is 0 Å². The monoisotopic (exact) mass is 853 g/mol. The van der Waals surface area contributed by atoms with Crippen LogP contribution in [0.5, 0.6) is 0 Å². The van der Waals surface area contributed by atoms with Crippen molar-refractivity contribution in [1.29, 1.82) is 0 Å². The summed E-state index contributed by atoms with van der Waals surface area (Å²) in [7, 11) is -2.58. The third kappa shape index (κ3) is 7.78. The zero-order valence-corrected chi connectivity index (χ0v) is 33.8. The van der Waals surface area contributed by atoms with Crippen LogP contribution in [0.15, 0.2) is 95.7 Å². The largest absolute Gasteiger partial charge is 0.305 e. The number of pyridine rings is 2. The second kappa shape index (κ2) is 13.4. The van der Waals surface area contributed by atoms with E-state index in [0.29, 0.717) is 0 Å². The van der Waals surface area contributed by atoms with Crippen LogP contribution in [0.2, 0.25) is 56.6 Å². The van der Waals surface area contributed by atoms with Gasteiger partial charge in [0.15, 0.2) is 0 Å². The normalized spacial score (nSPS) is 12.0. The number of furan rings is 1. The molecule has 0 N–H and O–H groups in total. The minimum Gasteiger partial charge on any atom is -0.305 e. The zero-order valence-electron chi connectivity index (χ0n) is 27.3. The predicted octanol–water partition coefficient (Wildman–Crippen LogP) is 8.63. The first-order valence-corrected chi connectivity index (χ1v) is 29.3. The van der Waals surface area contributed by atoms with Crippen molar-refractivity contribution in [3.05, 3.63) is 103 Å². The Morgan fingerprint density at radius 2 is 1.30 bits per heavy atom. The van der Waals surface area contributed by atoms with Gasteiger partial charge in [-0.25, -0.2) is 0 Å². The summed E-state index contributed by atoms with van der Waals surface area (Å²) < 4.78 is 7.80. The number of rotatable bonds is 5. The summed E-state index contributed by atoms with van der Waals surface area (Å²) >= 11 is -1.89. The molecule has 229 valence electrons. The molecule has 3 nitrogen and oxygen atoms in total. The van der Waals surface area contributed by atoms with Crippen LogP contribution in [0, 0.1) is 12.1 Å². The van der Waals surface area contributed by atoms with E-state index in [2.05, 4.69) is 122 Å². The standard InChI is InChI=1S/C23H26GeNOSi.C14H16NSi.Ir/c1-24(2,3)16-10-12-18-19-8-7-9-20(23(19)26-22(18)14-16)21-13-11-17(15-25-21)27(4,5)6;1-16(2,3)13-9-10-14(15-11-13)12-7-5-4-6-8-12;/h7-8,10-15H,1-6H3;4-7,9-11H,1-3H3;/q2*-1;. The zero-order chi connectivity index (χ0) is 31.0. The van der Waals surface area contributed by atoms with E-state index in [1.165, 1.54) is 20.2 Å². The van der Waals surface area contributed by atoms with Crippen LogP contribution in [0.1, 0.15) is 0 Å². The molecule has 6 rings (SSSR count). The van der Waals surface area contributed by atoms with Crippen LogP contribution in [0.3, 0.4) is 0 Å². The van der Waals surface area contributed by atoms with Crippen molar-refractivity contribution in [2.75, 3.05) is 0 Å². The number of hydrogen-bond acceptors (Lipinski definition) is 3. The van der Waals surface area contributed by atoms with E-state index < -0.39 is 29.4 Å². The van der Waals surface area contributed by atoms with Crippen LogP contribution in [0.4, 0.5) is 0 Å². The summed E-state index contributed by atoms with van der Waals surface area (Å²) in [6.07, 6.45) is 4.05. The molecule has 6 aromatic rings. The Bertz CT molecular complexity index is 1850. The van der Waals surface area contributed by atoms with Crippen molar-refractivity contribution >= 4 is 66.1 Å². The Hall–Kier alpha value is -2.61. The fourth-order valence-electron chi connectivity index (χ4n) is 4.93. The molecule has 3 aromatic carbocycles. The predicted molar refractivity (Wildman–Crippen MR) is 193 cm³/mol. The van der Waals surface area contributed by atoms with Crippen molar-refractivity contribution in [3.63, 3.8) is 0 Å². The van der Waals surface area contributed by atoms with Gasteiger partial charge < -0.3 is 4.98 Å². The Kier molecular flexibility index (Phi) is 10.4. The van der Waals surface area contributed by atoms with Crippen molar-refractivity contribution in [2.45, 2.75) is 56.6 Å². The Labute approximate surface area is 281 Å². The van der Waals surface area contributed by atoms with Crippen LogP contribution in [-0.2, 0) is 20.1 Å². The number of aromatic nitrogens is 2. The average molecular weight is 852 g/mol. The van der Waals surface area contributed by atoms with E-state index >= 15 is 0 Å². The fourth-order valence-corrected chi connectivity index (χ4v) is 9.41. The minimum absolute atomic E-state index is 0. The molecule has 44 heavy (non-hydrogen) atoms. The quantitative estimate of drug-likeness (QED) is 0.129. The van der Waals surface area contributed by atoms with Gasteiger partial charge in [0, 0.05) is 26.3 Å². The van der Waals surface area contributed by atoms with Gasteiger partial charge in [-0.15, -0.1) is 35.9 Å². The first-order valence-electron chi connectivity index (χ1n) is 15.0. The minimum atomic E-state index is -1.89. The van der Waals surface area contributed by atoms with Gasteiger partial charge >= 0.3 is 165 Å². The molecule has 0 saturated heterocycles. The summed E-state index contributed by atoms with van der Waals surface area (Å²) in [6, 6.07) is 34.0. The molecule has 0 saturated carbocycles. The van der Waals surface area contributed by atoms with Crippen molar-refractivity contribution in [1.82, 2.24) is 9.97 Å². The molecule has 0 bridgehead atoms. The maximum absolute atomic E-state index is 6.34. The molecular weight excluding hydrogens is 809 g/mol. The first kappa shape index (κ1) is 34.3. The summed E-state index contributed by atoms with van der Waals surface area (Å²) in [5, 5.41) is 5.08. The van der Waals surface area contributed by atoms with Gasteiger partial charge in [0.2, 0.25) is 0 Å². The van der Waals surface area contributed by atoms with Crippen molar-refractivity contribution < 1.29 is 24.5 Å². The third-order valence-corrected chi connectivity index (χ3v) is 16.1. The van der Waals surface area contributed by atoms with E-state index in [1.54, 1.807) is 0 Å². The van der Waals surface area contributed by atoms with Gasteiger partial charge in [-0.3, -0.25) is 0 Å². The van der Waals surface area contributed by atoms with E-state index in [1.807, 2.05) is 42.7 Å². The third-order valence-electron chi connectivity index (χ3n) is 7.80. The molecule has 0 aliphatic rings. The molecule has 3 heterocycles. The van der Waals surface area contributed by atoms with Crippen LogP contribution >= 0.6 is 0 Å². The van der Waals surface area contributed by atoms with Gasteiger partial charge in [-0.2, -0.15) is 0 Å². The van der Waals surface area contributed by atoms with Gasteiger partial charge in [0.25, 0.3) is 0 Å². The molecule has 0 aliphatic carbocycles. The maximum Gasteiger partial charge on any atom is 0.0795 e. The molecule has 0 aliphatic heterocycles. The van der Waals surface area contributed by atoms with Gasteiger partial charge in [-0.05, 0) is 10.9 Å². The second-order valence-electron chi connectivity index (χ2n) is 14.3. The molecule has 0 unspecified atom stereocenters. The van der Waals surface area contributed by atoms with Crippen molar-refractivity contribution in [3.8, 4) is 22.5 Å². The molecule has 0 amide bonds. The Morgan fingerprint density at radius 3 is 1.82 bits per heavy atom. The van der Waals surface area contributed by atoms with Crippen LogP contribution in [0.25, 0.3) is 44.5 Å². The summed E-state index contributed by atoms with van der Waals surface area (Å²) in [6.45, 7) is 14.0. The summed E-state index contributed by atoms with van der Waals surface area (Å²) in [5.41, 5.74) is 5.80. The maximum atomic E-state index is 6.34. The number of nitrogens with zero attached hydrogens (tertiary/aromatic N) is 2. The van der Waals surface area contributed by atoms with E-state index in [4.69, 9.17) is 9.40 Å². The SMILES string of the molecule is C[Si](C)(C)c1ccc(-c2[c-]ccc3c2oc2c[c]([Ge]([CH3])([CH3])[CH3])ccc23)nc1.C[Si](C)(C)c1ccc(-c2[c-]cccc2)nc1.[Ir]. The first-order chi connectivity index (χ1) is 20.2. The fraction of sp³-hybridized carbons (Fsp3) is 0.243. The second-order valence-corrected chi connectivity index (χ2v) is 35.1. The van der Waals surface area contributed by atoms with Gasteiger partial charge in [0.05, 0.1) is 8.07 Å². The van der Waals surface area contributed by atoms with E-state index in [0.717, 1.165) is 39.1 Å². The molecule has 1 radical (unpaired) electrons. The van der Waals surface area contributed by atoms with Crippen LogP contribution < -0.4 is 14.8 Å². The number of benzene rings is 3. The summed E-state index contributed by atoms with van der Waals surface area (Å²) in [5.74, 6) is 7.23. The molecule has 0 spiro atoms. The number of hydrogen-bond donors (Lipinski definition) is 0. The van der Waals surface area contributed by atoms with E-state index in [-0.39, 0.29) is 20.1 Å². The molecule has 3 aromatic heterocycles. The Morgan fingerprint density at radius 1 is 0.659 bits per heavy atom. The average Bonchev–Trinajstić information content (AvgIpc) is 3.35. The van der Waals surface area contributed by atoms with E-state index in [9.17, 15) is 0 Å². The van der Waals surface area contributed by atoms with Gasteiger partial charge in [-0.1, -0.05) is 31.8 Å². The molecule has 7 heteroatoms. The van der Waals surface area contributed by atoms with Gasteiger partial charge in [0.1, 0.15) is 0 Å². The van der Waals surface area contributed by atoms with Crippen LogP contribution in [-0.4, -0.2) is 39.4 Å².